The van der Waals surface area contributed by atoms with Crippen molar-refractivity contribution in [2.45, 2.75) is 0 Å². The predicted octanol–water partition coefficient (Wildman–Crippen LogP) is 2.03. The highest BCUT2D eigenvalue weighted by atomic mass is 16.4. The molecule has 0 fully saturated rings. The Morgan fingerprint density at radius 3 is 2.60 bits per heavy atom. The van der Waals surface area contributed by atoms with Crippen LogP contribution in [0.1, 0.15) is 10.5 Å². The highest BCUT2D eigenvalue weighted by molar-refractivity contribution is 5.85. The van der Waals surface area contributed by atoms with Crippen LogP contribution in [-0.2, 0) is 0 Å². The Morgan fingerprint density at radius 2 is 1.85 bits per heavy atom. The number of aromatic nitrogens is 4. The summed E-state index contributed by atoms with van der Waals surface area (Å²) in [5.41, 5.74) is 1.84. The van der Waals surface area contributed by atoms with Gasteiger partial charge in [-0.25, -0.2) is 14.5 Å². The van der Waals surface area contributed by atoms with Gasteiger partial charge in [0.1, 0.15) is 0 Å². The molecular formula is C14H10N4O2. The Bertz CT molecular complexity index is 753. The molecule has 2 aromatic heterocycles. The Kier molecular flexibility index (Phi) is 2.96. The Balaban J connectivity index is 1.98. The van der Waals surface area contributed by atoms with Gasteiger partial charge in [-0.3, -0.25) is 4.98 Å². The van der Waals surface area contributed by atoms with Crippen molar-refractivity contribution in [3.8, 4) is 16.9 Å². The van der Waals surface area contributed by atoms with Crippen LogP contribution in [0.25, 0.3) is 16.9 Å². The van der Waals surface area contributed by atoms with Gasteiger partial charge in [0.2, 0.25) is 0 Å². The van der Waals surface area contributed by atoms with E-state index >= 15 is 0 Å². The van der Waals surface area contributed by atoms with Crippen molar-refractivity contribution in [2.75, 3.05) is 0 Å². The van der Waals surface area contributed by atoms with E-state index in [1.54, 1.807) is 12.4 Å². The highest BCUT2D eigenvalue weighted by Crippen LogP contribution is 2.18. The van der Waals surface area contributed by atoms with Crippen molar-refractivity contribution >= 4 is 5.97 Å². The van der Waals surface area contributed by atoms with Crippen molar-refractivity contribution in [1.82, 2.24) is 19.7 Å². The lowest BCUT2D eigenvalue weighted by atomic mass is 10.1. The number of carboxylic acid groups (broad SMARTS) is 1. The van der Waals surface area contributed by atoms with E-state index in [0.29, 0.717) is 5.82 Å². The van der Waals surface area contributed by atoms with Gasteiger partial charge in [-0.05, 0) is 5.56 Å². The first-order valence-corrected chi connectivity index (χ1v) is 5.90. The zero-order chi connectivity index (χ0) is 13.9. The first-order chi connectivity index (χ1) is 9.74. The maximum absolute atomic E-state index is 10.9. The van der Waals surface area contributed by atoms with Crippen LogP contribution in [-0.4, -0.2) is 30.8 Å². The van der Waals surface area contributed by atoms with E-state index in [9.17, 15) is 4.79 Å². The summed E-state index contributed by atoms with van der Waals surface area (Å²) in [6.07, 6.45) is 6.15. The largest absolute Gasteiger partial charge is 0.476 e. The third-order valence-electron chi connectivity index (χ3n) is 2.77. The lowest BCUT2D eigenvalue weighted by Gasteiger charge is -2.00. The molecular weight excluding hydrogens is 256 g/mol. The molecule has 0 amide bonds. The number of nitrogens with zero attached hydrogens (tertiary/aromatic N) is 4. The number of aromatic carboxylic acids is 1. The minimum atomic E-state index is -1.12. The fraction of sp³-hybridized carbons (Fsp3) is 0. The van der Waals surface area contributed by atoms with Crippen LogP contribution in [0.4, 0.5) is 0 Å². The first kappa shape index (κ1) is 12.0. The first-order valence-electron chi connectivity index (χ1n) is 5.90. The minimum absolute atomic E-state index is 0.112. The molecule has 3 aromatic rings. The number of carboxylic acids is 1. The lowest BCUT2D eigenvalue weighted by Crippen LogP contribution is -2.06. The van der Waals surface area contributed by atoms with Gasteiger partial charge < -0.3 is 5.11 Å². The molecule has 0 aliphatic heterocycles. The fourth-order valence-corrected chi connectivity index (χ4v) is 1.80. The van der Waals surface area contributed by atoms with Gasteiger partial charge in [-0.2, -0.15) is 5.10 Å². The molecule has 0 radical (unpaired) electrons. The van der Waals surface area contributed by atoms with E-state index in [1.165, 1.54) is 17.1 Å². The number of hydrogen-bond acceptors (Lipinski definition) is 4. The smallest absolute Gasteiger partial charge is 0.356 e. The van der Waals surface area contributed by atoms with Crippen LogP contribution in [0.2, 0.25) is 0 Å². The molecule has 2 heterocycles. The number of benzene rings is 1. The molecule has 0 bridgehead atoms. The molecule has 0 atom stereocenters. The van der Waals surface area contributed by atoms with Gasteiger partial charge >= 0.3 is 5.97 Å². The quantitative estimate of drug-likeness (QED) is 0.784. The fourth-order valence-electron chi connectivity index (χ4n) is 1.80. The molecule has 20 heavy (non-hydrogen) atoms. The van der Waals surface area contributed by atoms with Crippen LogP contribution in [0.3, 0.4) is 0 Å². The van der Waals surface area contributed by atoms with Crippen LogP contribution in [0.15, 0.2) is 55.1 Å². The summed E-state index contributed by atoms with van der Waals surface area (Å²) in [5.74, 6) is -0.748. The van der Waals surface area contributed by atoms with Gasteiger partial charge in [0.15, 0.2) is 11.5 Å². The van der Waals surface area contributed by atoms with Crippen LogP contribution in [0.5, 0.6) is 0 Å². The van der Waals surface area contributed by atoms with Crippen LogP contribution < -0.4 is 0 Å². The van der Waals surface area contributed by atoms with Crippen molar-refractivity contribution in [1.29, 1.82) is 0 Å². The maximum atomic E-state index is 10.9. The van der Waals surface area contributed by atoms with Crippen molar-refractivity contribution in [2.24, 2.45) is 0 Å². The van der Waals surface area contributed by atoms with E-state index in [0.717, 1.165) is 11.1 Å². The lowest BCUT2D eigenvalue weighted by molar-refractivity contribution is 0.0690. The summed E-state index contributed by atoms with van der Waals surface area (Å²) in [6.45, 7) is 0. The SMILES string of the molecule is O=C(O)c1cncc(-n2cc(-c3ccccc3)cn2)n1. The van der Waals surface area contributed by atoms with E-state index in [1.807, 2.05) is 30.3 Å². The van der Waals surface area contributed by atoms with Crippen molar-refractivity contribution < 1.29 is 9.90 Å². The molecule has 1 aromatic carbocycles. The third-order valence-corrected chi connectivity index (χ3v) is 2.77. The second-order valence-corrected chi connectivity index (χ2v) is 4.11. The Morgan fingerprint density at radius 1 is 1.05 bits per heavy atom. The summed E-state index contributed by atoms with van der Waals surface area (Å²) in [6, 6.07) is 9.77. The summed E-state index contributed by atoms with van der Waals surface area (Å²) >= 11 is 0. The number of hydrogen-bond donors (Lipinski definition) is 1. The zero-order valence-electron chi connectivity index (χ0n) is 10.3. The normalized spacial score (nSPS) is 10.4. The standard InChI is InChI=1S/C14H10N4O2/c19-14(20)12-7-15-8-13(17-12)18-9-11(6-16-18)10-4-2-1-3-5-10/h1-9H,(H,19,20). The zero-order valence-corrected chi connectivity index (χ0v) is 10.3. The maximum Gasteiger partial charge on any atom is 0.356 e. The average Bonchev–Trinajstić information content (AvgIpc) is 2.98. The number of carbonyl (C=O) groups is 1. The number of rotatable bonds is 3. The van der Waals surface area contributed by atoms with Crippen molar-refractivity contribution in [3.63, 3.8) is 0 Å². The van der Waals surface area contributed by atoms with Crippen LogP contribution in [0, 0.1) is 0 Å². The third kappa shape index (κ3) is 2.26. The molecule has 0 aliphatic carbocycles. The molecule has 6 heteroatoms. The molecule has 0 saturated carbocycles. The summed E-state index contributed by atoms with van der Waals surface area (Å²) in [7, 11) is 0. The van der Waals surface area contributed by atoms with Gasteiger partial charge in [-0.15, -0.1) is 0 Å². The average molecular weight is 266 g/mol. The highest BCUT2D eigenvalue weighted by Gasteiger charge is 2.09. The summed E-state index contributed by atoms with van der Waals surface area (Å²) < 4.78 is 1.50. The Labute approximate surface area is 114 Å². The van der Waals surface area contributed by atoms with Crippen LogP contribution >= 0.6 is 0 Å². The summed E-state index contributed by atoms with van der Waals surface area (Å²) in [4.78, 5) is 18.7. The molecule has 0 aliphatic rings. The predicted molar refractivity (Wildman–Crippen MR) is 71.5 cm³/mol. The van der Waals surface area contributed by atoms with Gasteiger partial charge in [0.25, 0.3) is 0 Å². The molecule has 3 rings (SSSR count). The molecule has 98 valence electrons. The molecule has 0 spiro atoms. The topological polar surface area (TPSA) is 80.9 Å². The van der Waals surface area contributed by atoms with Gasteiger partial charge in [0, 0.05) is 11.8 Å². The second kappa shape index (κ2) is 4.93. The monoisotopic (exact) mass is 266 g/mol. The van der Waals surface area contributed by atoms with Gasteiger partial charge in [-0.1, -0.05) is 30.3 Å². The second-order valence-electron chi connectivity index (χ2n) is 4.11. The van der Waals surface area contributed by atoms with Gasteiger partial charge in [0.05, 0.1) is 18.6 Å². The molecule has 0 unspecified atom stereocenters. The molecule has 1 N–H and O–H groups in total. The Hall–Kier alpha value is -3.02. The molecule has 6 nitrogen and oxygen atoms in total. The molecule has 0 saturated heterocycles. The van der Waals surface area contributed by atoms with E-state index in [4.69, 9.17) is 5.11 Å². The minimum Gasteiger partial charge on any atom is -0.476 e. The van der Waals surface area contributed by atoms with E-state index in [2.05, 4.69) is 15.1 Å². The van der Waals surface area contributed by atoms with Crippen molar-refractivity contribution in [3.05, 3.63) is 60.8 Å². The van der Waals surface area contributed by atoms with E-state index < -0.39 is 5.97 Å². The van der Waals surface area contributed by atoms with E-state index in [-0.39, 0.29) is 5.69 Å². The summed E-state index contributed by atoms with van der Waals surface area (Å²) in [5, 5.41) is 13.1.